The van der Waals surface area contributed by atoms with Crippen LogP contribution in [0.4, 0.5) is 0 Å². The van der Waals surface area contributed by atoms with Crippen LogP contribution in [0.1, 0.15) is 19.8 Å². The molecule has 1 aliphatic rings. The van der Waals surface area contributed by atoms with E-state index in [1.54, 1.807) is 0 Å². The monoisotopic (exact) mass is 148 g/mol. The van der Waals surface area contributed by atoms with Gasteiger partial charge in [-0.3, -0.25) is 4.21 Å². The fourth-order valence-electron chi connectivity index (χ4n) is 1.24. The molecule has 0 aromatic rings. The Morgan fingerprint density at radius 3 is 2.11 bits per heavy atom. The van der Waals surface area contributed by atoms with Crippen LogP contribution in [0, 0.1) is 5.92 Å². The summed E-state index contributed by atoms with van der Waals surface area (Å²) in [5.41, 5.74) is 0. The summed E-state index contributed by atoms with van der Waals surface area (Å²) in [7, 11) is -1.62. The van der Waals surface area contributed by atoms with E-state index in [0.717, 1.165) is 17.4 Å². The van der Waals surface area contributed by atoms with E-state index in [1.165, 1.54) is 12.8 Å². The number of hydrogen-bond donors (Lipinski definition) is 1. The molecule has 1 heterocycles. The molecule has 0 aromatic heterocycles. The van der Waals surface area contributed by atoms with E-state index in [2.05, 4.69) is 6.92 Å². The van der Waals surface area contributed by atoms with E-state index in [1.807, 2.05) is 6.26 Å². The molecule has 2 heteroatoms. The van der Waals surface area contributed by atoms with Crippen molar-refractivity contribution in [3.63, 3.8) is 0 Å². The Hall–Kier alpha value is 0.150. The lowest BCUT2D eigenvalue weighted by atomic mass is 10.1. The van der Waals surface area contributed by atoms with Crippen molar-refractivity contribution in [1.29, 1.82) is 0 Å². The van der Waals surface area contributed by atoms with Gasteiger partial charge in [-0.05, 0) is 25.0 Å². The Morgan fingerprint density at radius 1 is 1.33 bits per heavy atom. The van der Waals surface area contributed by atoms with Crippen LogP contribution in [0.25, 0.3) is 0 Å². The normalized spacial score (nSPS) is 37.8. The number of rotatable bonds is 0. The maximum atomic E-state index is 11.4. The van der Waals surface area contributed by atoms with E-state index in [0.29, 0.717) is 0 Å². The first-order valence-corrected chi connectivity index (χ1v) is 6.18. The maximum absolute atomic E-state index is 11.4. The third kappa shape index (κ3) is 2.09. The first-order chi connectivity index (χ1) is 4.10. The first-order valence-electron chi connectivity index (χ1n) is 3.66. The predicted octanol–water partition coefficient (Wildman–Crippen LogP) is 1.06. The van der Waals surface area contributed by atoms with Gasteiger partial charge in [-0.2, -0.15) is 0 Å². The molecule has 9 heavy (non-hydrogen) atoms. The quantitative estimate of drug-likeness (QED) is 0.508. The fraction of sp³-hybridized carbons (Fsp3) is 1.00. The van der Waals surface area contributed by atoms with Gasteiger partial charge in [-0.25, -0.2) is 0 Å². The fourth-order valence-corrected chi connectivity index (χ4v) is 3.44. The molecule has 56 valence electrons. The largest absolute Gasteiger partial charge is 0.285 e. The first kappa shape index (κ1) is 7.26. The van der Waals surface area contributed by atoms with Crippen molar-refractivity contribution >= 4 is 9.93 Å². The van der Waals surface area contributed by atoms with E-state index in [4.69, 9.17) is 0 Å². The molecule has 0 amide bonds. The summed E-state index contributed by atoms with van der Waals surface area (Å²) < 4.78 is 11.4. The lowest BCUT2D eigenvalue weighted by Crippen LogP contribution is -2.27. The van der Waals surface area contributed by atoms with Gasteiger partial charge in [0, 0.05) is 11.5 Å². The van der Waals surface area contributed by atoms with Crippen LogP contribution in [0.2, 0.25) is 0 Å². The zero-order valence-electron chi connectivity index (χ0n) is 6.26. The minimum atomic E-state index is -1.62. The van der Waals surface area contributed by atoms with Gasteiger partial charge in [0.05, 0.1) is 0 Å². The van der Waals surface area contributed by atoms with E-state index in [9.17, 15) is 4.21 Å². The smallest absolute Gasteiger partial charge is 0.00127 e. The Kier molecular flexibility index (Phi) is 1.94. The van der Waals surface area contributed by atoms with Gasteiger partial charge < -0.3 is 0 Å². The SMILES string of the molecule is CC1CC[SH](C)(=O)CC1. The third-order valence-electron chi connectivity index (χ3n) is 2.19. The average Bonchev–Trinajstić information content (AvgIpc) is 1.78. The van der Waals surface area contributed by atoms with Gasteiger partial charge in [-0.15, -0.1) is 9.93 Å². The van der Waals surface area contributed by atoms with Gasteiger partial charge in [-0.1, -0.05) is 6.92 Å². The Bertz CT molecular complexity index is 130. The Labute approximate surface area is 58.3 Å². The summed E-state index contributed by atoms with van der Waals surface area (Å²) in [5.74, 6) is 2.81. The third-order valence-corrected chi connectivity index (χ3v) is 4.60. The lowest BCUT2D eigenvalue weighted by molar-refractivity contribution is 0.522. The van der Waals surface area contributed by atoms with Crippen molar-refractivity contribution in [3.8, 4) is 0 Å². The van der Waals surface area contributed by atoms with Crippen LogP contribution in [0.15, 0.2) is 0 Å². The van der Waals surface area contributed by atoms with Crippen LogP contribution in [0.3, 0.4) is 0 Å². The van der Waals surface area contributed by atoms with E-state index >= 15 is 0 Å². The minimum Gasteiger partial charge on any atom is -0.285 e. The molecule has 1 nitrogen and oxygen atoms in total. The Balaban J connectivity index is 2.44. The van der Waals surface area contributed by atoms with Crippen molar-refractivity contribution in [1.82, 2.24) is 0 Å². The van der Waals surface area contributed by atoms with Crippen molar-refractivity contribution in [2.24, 2.45) is 5.92 Å². The zero-order valence-corrected chi connectivity index (χ0v) is 7.16. The van der Waals surface area contributed by atoms with Crippen LogP contribution in [-0.2, 0) is 9.93 Å². The number of thiol groups is 1. The summed E-state index contributed by atoms with van der Waals surface area (Å²) in [6.07, 6.45) is 4.32. The second-order valence-corrected chi connectivity index (χ2v) is 6.91. The highest BCUT2D eigenvalue weighted by atomic mass is 32.2. The lowest BCUT2D eigenvalue weighted by Gasteiger charge is -2.27. The molecule has 0 radical (unpaired) electrons. The van der Waals surface area contributed by atoms with Crippen molar-refractivity contribution < 1.29 is 4.21 Å². The van der Waals surface area contributed by atoms with Gasteiger partial charge in [0.25, 0.3) is 0 Å². The van der Waals surface area contributed by atoms with Crippen LogP contribution in [0.5, 0.6) is 0 Å². The maximum Gasteiger partial charge on any atom is 0.00127 e. The molecule has 0 aliphatic carbocycles. The second kappa shape index (κ2) is 2.41. The summed E-state index contributed by atoms with van der Waals surface area (Å²) >= 11 is 0. The molecule has 0 saturated carbocycles. The molecule has 0 unspecified atom stereocenters. The molecule has 1 aliphatic heterocycles. The topological polar surface area (TPSA) is 17.1 Å². The molecule has 1 saturated heterocycles. The Morgan fingerprint density at radius 2 is 1.78 bits per heavy atom. The van der Waals surface area contributed by atoms with E-state index < -0.39 is 9.93 Å². The molecular formula is C7H16OS. The summed E-state index contributed by atoms with van der Waals surface area (Å²) in [6.45, 7) is 2.25. The molecule has 1 fully saturated rings. The van der Waals surface area contributed by atoms with Crippen molar-refractivity contribution in [3.05, 3.63) is 0 Å². The standard InChI is InChI=1S/C7H16OS/c1-7-3-5-9(2,8)6-4-7/h7,9H,3-6H2,1-2H3. The molecule has 1 rings (SSSR count). The molecule has 0 spiro atoms. The summed E-state index contributed by atoms with van der Waals surface area (Å²) in [5, 5.41) is 0. The molecule has 0 atom stereocenters. The number of hydrogen-bond acceptors (Lipinski definition) is 1. The van der Waals surface area contributed by atoms with Gasteiger partial charge in [0.1, 0.15) is 0 Å². The van der Waals surface area contributed by atoms with E-state index in [-0.39, 0.29) is 0 Å². The van der Waals surface area contributed by atoms with Crippen LogP contribution in [-0.4, -0.2) is 22.0 Å². The predicted molar refractivity (Wildman–Crippen MR) is 43.6 cm³/mol. The minimum absolute atomic E-state index is 0.826. The molecule has 0 N–H and O–H groups in total. The highest BCUT2D eigenvalue weighted by Gasteiger charge is 2.17. The van der Waals surface area contributed by atoms with Gasteiger partial charge in [0.15, 0.2) is 0 Å². The molecular weight excluding hydrogens is 132 g/mol. The molecule has 0 aromatic carbocycles. The van der Waals surface area contributed by atoms with Crippen molar-refractivity contribution in [2.45, 2.75) is 19.8 Å². The highest BCUT2D eigenvalue weighted by Crippen LogP contribution is 2.20. The van der Waals surface area contributed by atoms with Crippen molar-refractivity contribution in [2.75, 3.05) is 17.8 Å². The van der Waals surface area contributed by atoms with Crippen LogP contribution < -0.4 is 0 Å². The highest BCUT2D eigenvalue weighted by molar-refractivity contribution is 8.02. The zero-order chi connectivity index (χ0) is 6.91. The van der Waals surface area contributed by atoms with Crippen LogP contribution >= 0.6 is 0 Å². The van der Waals surface area contributed by atoms with Gasteiger partial charge in [0.2, 0.25) is 0 Å². The summed E-state index contributed by atoms with van der Waals surface area (Å²) in [6, 6.07) is 0. The average molecular weight is 148 g/mol. The molecule has 0 bridgehead atoms. The summed E-state index contributed by atoms with van der Waals surface area (Å²) in [4.78, 5) is 0. The van der Waals surface area contributed by atoms with Gasteiger partial charge >= 0.3 is 0 Å². The second-order valence-electron chi connectivity index (χ2n) is 3.43.